The Balaban J connectivity index is 1.93. The second-order valence-corrected chi connectivity index (χ2v) is 6.24. The number of methoxy groups -OCH3 is 1. The third kappa shape index (κ3) is 3.95. The molecule has 0 saturated heterocycles. The zero-order chi connectivity index (χ0) is 18.5. The average molecular weight is 356 g/mol. The standard InChI is InChI=1S/C19H24N4O3/c1-13(24)10-26-17-9-23-18(14(17)2)19(20-12-21-23)22-16(11-25-3)15-7-5-4-6-8-15/h4-9,12-13,16,24H,10-11H2,1-3H3,(H,20,21,22)/t13-,16-/m1/s1. The number of aliphatic hydroxyl groups excluding tert-OH is 1. The number of nitrogens with zero attached hydrogens (tertiary/aromatic N) is 3. The molecule has 0 fully saturated rings. The molecule has 2 heterocycles. The summed E-state index contributed by atoms with van der Waals surface area (Å²) in [6, 6.07) is 10.0. The number of aliphatic hydroxyl groups is 1. The summed E-state index contributed by atoms with van der Waals surface area (Å²) in [7, 11) is 1.68. The fraction of sp³-hybridized carbons (Fsp3) is 0.368. The van der Waals surface area contributed by atoms with E-state index in [4.69, 9.17) is 9.47 Å². The summed E-state index contributed by atoms with van der Waals surface area (Å²) < 4.78 is 12.8. The number of hydrogen-bond donors (Lipinski definition) is 2. The second kappa shape index (κ2) is 8.16. The highest BCUT2D eigenvalue weighted by Crippen LogP contribution is 2.30. The first-order valence-electron chi connectivity index (χ1n) is 8.54. The lowest BCUT2D eigenvalue weighted by atomic mass is 10.1. The zero-order valence-corrected chi connectivity index (χ0v) is 15.2. The molecule has 2 N–H and O–H groups in total. The largest absolute Gasteiger partial charge is 0.489 e. The number of benzene rings is 1. The number of hydrogen-bond acceptors (Lipinski definition) is 6. The summed E-state index contributed by atoms with van der Waals surface area (Å²) in [6.07, 6.45) is 2.76. The van der Waals surface area contributed by atoms with Crippen LogP contribution in [0.4, 0.5) is 5.82 Å². The van der Waals surface area contributed by atoms with Crippen LogP contribution in [-0.4, -0.2) is 46.1 Å². The number of fused-ring (bicyclic) bond motifs is 1. The third-order valence-electron chi connectivity index (χ3n) is 4.11. The van der Waals surface area contributed by atoms with Gasteiger partial charge in [-0.3, -0.25) is 0 Å². The highest BCUT2D eigenvalue weighted by atomic mass is 16.5. The first-order valence-corrected chi connectivity index (χ1v) is 8.54. The normalized spacial score (nSPS) is 13.5. The molecular weight excluding hydrogens is 332 g/mol. The Morgan fingerprint density at radius 1 is 1.23 bits per heavy atom. The monoisotopic (exact) mass is 356 g/mol. The summed E-state index contributed by atoms with van der Waals surface area (Å²) in [4.78, 5) is 4.42. The van der Waals surface area contributed by atoms with Crippen LogP contribution in [0.15, 0.2) is 42.9 Å². The van der Waals surface area contributed by atoms with Crippen molar-refractivity contribution in [1.82, 2.24) is 14.6 Å². The Bertz CT molecular complexity index is 849. The number of ether oxygens (including phenoxy) is 2. The van der Waals surface area contributed by atoms with E-state index in [2.05, 4.69) is 27.5 Å². The molecule has 7 nitrogen and oxygen atoms in total. The minimum atomic E-state index is -0.537. The van der Waals surface area contributed by atoms with Gasteiger partial charge in [-0.1, -0.05) is 30.3 Å². The van der Waals surface area contributed by atoms with Crippen molar-refractivity contribution in [2.45, 2.75) is 26.0 Å². The molecule has 0 aliphatic carbocycles. The summed E-state index contributed by atoms with van der Waals surface area (Å²) in [6.45, 7) is 4.37. The number of nitrogens with one attached hydrogen (secondary N) is 1. The summed E-state index contributed by atoms with van der Waals surface area (Å²) in [5.41, 5.74) is 2.86. The molecule has 0 aliphatic rings. The lowest BCUT2D eigenvalue weighted by molar-refractivity contribution is 0.122. The van der Waals surface area contributed by atoms with E-state index >= 15 is 0 Å². The van der Waals surface area contributed by atoms with E-state index in [0.717, 1.165) is 16.6 Å². The quantitative estimate of drug-likeness (QED) is 0.646. The SMILES string of the molecule is COC[C@@H](Nc1ncnn2cc(OC[C@@H](C)O)c(C)c12)c1ccccc1. The van der Waals surface area contributed by atoms with Crippen LogP contribution in [0.25, 0.3) is 5.52 Å². The fourth-order valence-corrected chi connectivity index (χ4v) is 2.84. The maximum atomic E-state index is 9.45. The average Bonchev–Trinajstić information content (AvgIpc) is 2.97. The molecular formula is C19H24N4O3. The second-order valence-electron chi connectivity index (χ2n) is 6.24. The van der Waals surface area contributed by atoms with Crippen molar-refractivity contribution < 1.29 is 14.6 Å². The van der Waals surface area contributed by atoms with Gasteiger partial charge in [0.05, 0.1) is 24.9 Å². The molecule has 2 aromatic heterocycles. The lowest BCUT2D eigenvalue weighted by Crippen LogP contribution is -2.17. The van der Waals surface area contributed by atoms with Gasteiger partial charge in [-0.15, -0.1) is 0 Å². The van der Waals surface area contributed by atoms with E-state index in [1.807, 2.05) is 25.1 Å². The minimum Gasteiger partial charge on any atom is -0.489 e. The van der Waals surface area contributed by atoms with Crippen LogP contribution in [-0.2, 0) is 4.74 Å². The van der Waals surface area contributed by atoms with E-state index in [1.165, 1.54) is 6.33 Å². The van der Waals surface area contributed by atoms with Gasteiger partial charge in [-0.05, 0) is 19.4 Å². The predicted octanol–water partition coefficient (Wildman–Crippen LogP) is 2.60. The first kappa shape index (κ1) is 18.2. The van der Waals surface area contributed by atoms with Crippen molar-refractivity contribution >= 4 is 11.3 Å². The molecule has 26 heavy (non-hydrogen) atoms. The van der Waals surface area contributed by atoms with Crippen LogP contribution >= 0.6 is 0 Å². The van der Waals surface area contributed by atoms with Gasteiger partial charge in [0.15, 0.2) is 5.82 Å². The smallest absolute Gasteiger partial charge is 0.154 e. The summed E-state index contributed by atoms with van der Waals surface area (Å²) >= 11 is 0. The van der Waals surface area contributed by atoms with E-state index in [9.17, 15) is 5.11 Å². The molecule has 0 bridgehead atoms. The Morgan fingerprint density at radius 3 is 2.69 bits per heavy atom. The molecule has 0 amide bonds. The molecule has 3 rings (SSSR count). The molecule has 0 aliphatic heterocycles. The maximum Gasteiger partial charge on any atom is 0.154 e. The van der Waals surface area contributed by atoms with Gasteiger partial charge in [0.1, 0.15) is 24.2 Å². The van der Waals surface area contributed by atoms with E-state index < -0.39 is 6.10 Å². The number of anilines is 1. The molecule has 0 unspecified atom stereocenters. The molecule has 0 spiro atoms. The lowest BCUT2D eigenvalue weighted by Gasteiger charge is -2.19. The van der Waals surface area contributed by atoms with Crippen LogP contribution < -0.4 is 10.1 Å². The van der Waals surface area contributed by atoms with Crippen molar-refractivity contribution in [2.24, 2.45) is 0 Å². The van der Waals surface area contributed by atoms with Crippen LogP contribution in [0.3, 0.4) is 0 Å². The molecule has 0 radical (unpaired) electrons. The predicted molar refractivity (Wildman–Crippen MR) is 99.6 cm³/mol. The van der Waals surface area contributed by atoms with Gasteiger partial charge in [0, 0.05) is 12.7 Å². The van der Waals surface area contributed by atoms with Crippen LogP contribution in [0.1, 0.15) is 24.1 Å². The van der Waals surface area contributed by atoms with Crippen molar-refractivity contribution in [3.05, 3.63) is 54.0 Å². The van der Waals surface area contributed by atoms with Gasteiger partial charge in [-0.2, -0.15) is 5.10 Å². The van der Waals surface area contributed by atoms with Crippen molar-refractivity contribution in [1.29, 1.82) is 0 Å². The number of aromatic nitrogens is 3. The summed E-state index contributed by atoms with van der Waals surface area (Å²) in [5, 5.41) is 17.2. The molecule has 3 aromatic rings. The Hall–Kier alpha value is -2.64. The Morgan fingerprint density at radius 2 is 2.00 bits per heavy atom. The van der Waals surface area contributed by atoms with Crippen LogP contribution in [0.5, 0.6) is 5.75 Å². The van der Waals surface area contributed by atoms with Crippen LogP contribution in [0.2, 0.25) is 0 Å². The van der Waals surface area contributed by atoms with Crippen LogP contribution in [0, 0.1) is 6.92 Å². The maximum absolute atomic E-state index is 9.45. The molecule has 1 aromatic carbocycles. The zero-order valence-electron chi connectivity index (χ0n) is 15.2. The first-order chi connectivity index (χ1) is 12.6. The Kier molecular flexibility index (Phi) is 5.70. The van der Waals surface area contributed by atoms with Gasteiger partial charge >= 0.3 is 0 Å². The Labute approximate surface area is 152 Å². The van der Waals surface area contributed by atoms with E-state index in [-0.39, 0.29) is 12.6 Å². The molecule has 0 saturated carbocycles. The number of rotatable bonds is 8. The highest BCUT2D eigenvalue weighted by Gasteiger charge is 2.18. The van der Waals surface area contributed by atoms with Gasteiger partial charge in [-0.25, -0.2) is 9.50 Å². The highest BCUT2D eigenvalue weighted by molar-refractivity contribution is 5.75. The van der Waals surface area contributed by atoms with Crippen molar-refractivity contribution in [3.8, 4) is 5.75 Å². The third-order valence-corrected chi connectivity index (χ3v) is 4.11. The molecule has 2 atom stereocenters. The van der Waals surface area contributed by atoms with Crippen molar-refractivity contribution in [2.75, 3.05) is 25.6 Å². The fourth-order valence-electron chi connectivity index (χ4n) is 2.84. The number of aryl methyl sites for hydroxylation is 1. The molecule has 138 valence electrons. The molecule has 7 heteroatoms. The van der Waals surface area contributed by atoms with Gasteiger partial charge in [0.2, 0.25) is 0 Å². The van der Waals surface area contributed by atoms with E-state index in [1.54, 1.807) is 24.7 Å². The van der Waals surface area contributed by atoms with Gasteiger partial charge < -0.3 is 19.9 Å². The van der Waals surface area contributed by atoms with Crippen molar-refractivity contribution in [3.63, 3.8) is 0 Å². The topological polar surface area (TPSA) is 80.9 Å². The van der Waals surface area contributed by atoms with Gasteiger partial charge in [0.25, 0.3) is 0 Å². The minimum absolute atomic E-state index is 0.0453. The van der Waals surface area contributed by atoms with E-state index in [0.29, 0.717) is 18.2 Å². The summed E-state index contributed by atoms with van der Waals surface area (Å²) in [5.74, 6) is 1.38.